The van der Waals surface area contributed by atoms with Crippen LogP contribution in [0.25, 0.3) is 0 Å². The molecule has 0 radical (unpaired) electrons. The van der Waals surface area contributed by atoms with E-state index in [1.165, 1.54) is 0 Å². The number of hydrogen-bond donors (Lipinski definition) is 3. The number of aryl methyl sites for hydroxylation is 1. The Hall–Kier alpha value is -3.11. The van der Waals surface area contributed by atoms with Gasteiger partial charge in [-0.25, -0.2) is 0 Å². The largest absolute Gasteiger partial charge is 0.416 e. The average molecular weight is 444 g/mol. The minimum Gasteiger partial charge on any atom is -0.362 e. The zero-order valence-corrected chi connectivity index (χ0v) is 16.4. The SMILES string of the molecule is Cc1ccc(NC(=O)COCC(=O)NNC(=O)c2ccc(C(F)(F)F)cc2)cc1Cl. The van der Waals surface area contributed by atoms with E-state index in [9.17, 15) is 27.6 Å². The second-order valence-corrected chi connectivity index (χ2v) is 6.49. The van der Waals surface area contributed by atoms with Gasteiger partial charge in [0.1, 0.15) is 13.2 Å². The van der Waals surface area contributed by atoms with Gasteiger partial charge in [-0.3, -0.25) is 25.2 Å². The third-order valence-electron chi connectivity index (χ3n) is 3.71. The summed E-state index contributed by atoms with van der Waals surface area (Å²) in [7, 11) is 0. The van der Waals surface area contributed by atoms with Crippen molar-refractivity contribution in [1.82, 2.24) is 10.9 Å². The number of ether oxygens (including phenoxy) is 1. The smallest absolute Gasteiger partial charge is 0.362 e. The predicted molar refractivity (Wildman–Crippen MR) is 103 cm³/mol. The van der Waals surface area contributed by atoms with Gasteiger partial charge in [0.2, 0.25) is 5.91 Å². The Morgan fingerprint density at radius 2 is 1.60 bits per heavy atom. The fourth-order valence-corrected chi connectivity index (χ4v) is 2.33. The molecule has 0 aliphatic rings. The minimum absolute atomic E-state index is 0.0830. The maximum atomic E-state index is 12.5. The maximum absolute atomic E-state index is 12.5. The van der Waals surface area contributed by atoms with E-state index < -0.39 is 42.7 Å². The molecule has 0 unspecified atom stereocenters. The molecular weight excluding hydrogens is 427 g/mol. The van der Waals surface area contributed by atoms with Gasteiger partial charge in [-0.15, -0.1) is 0 Å². The summed E-state index contributed by atoms with van der Waals surface area (Å²) in [4.78, 5) is 35.2. The third-order valence-corrected chi connectivity index (χ3v) is 4.12. The van der Waals surface area contributed by atoms with Crippen molar-refractivity contribution in [1.29, 1.82) is 0 Å². The van der Waals surface area contributed by atoms with Crippen LogP contribution in [0, 0.1) is 6.92 Å². The second kappa shape index (κ2) is 10.1. The van der Waals surface area contributed by atoms with Gasteiger partial charge in [0.05, 0.1) is 5.56 Å². The Kier molecular flexibility index (Phi) is 7.79. The van der Waals surface area contributed by atoms with E-state index in [0.29, 0.717) is 10.7 Å². The van der Waals surface area contributed by atoms with E-state index in [-0.39, 0.29) is 5.56 Å². The van der Waals surface area contributed by atoms with Crippen LogP contribution in [0.4, 0.5) is 18.9 Å². The Labute approximate surface area is 174 Å². The molecule has 0 saturated heterocycles. The number of benzene rings is 2. The summed E-state index contributed by atoms with van der Waals surface area (Å²) in [6.45, 7) is 0.854. The van der Waals surface area contributed by atoms with Gasteiger partial charge in [-0.1, -0.05) is 17.7 Å². The quantitative estimate of drug-likeness (QED) is 0.598. The van der Waals surface area contributed by atoms with Crippen molar-refractivity contribution < 1.29 is 32.3 Å². The van der Waals surface area contributed by atoms with E-state index in [2.05, 4.69) is 5.32 Å². The number of carbonyl (C=O) groups excluding carboxylic acids is 3. The molecule has 3 N–H and O–H groups in total. The molecule has 30 heavy (non-hydrogen) atoms. The second-order valence-electron chi connectivity index (χ2n) is 6.08. The molecule has 0 spiro atoms. The first kappa shape index (κ1) is 23.2. The van der Waals surface area contributed by atoms with Crippen molar-refractivity contribution in [2.75, 3.05) is 18.5 Å². The number of carbonyl (C=O) groups is 3. The number of hydrogen-bond acceptors (Lipinski definition) is 4. The molecule has 3 amide bonds. The van der Waals surface area contributed by atoms with Gasteiger partial charge in [0.25, 0.3) is 11.8 Å². The molecule has 160 valence electrons. The van der Waals surface area contributed by atoms with Crippen LogP contribution < -0.4 is 16.2 Å². The average Bonchev–Trinajstić information content (AvgIpc) is 2.68. The highest BCUT2D eigenvalue weighted by molar-refractivity contribution is 6.31. The van der Waals surface area contributed by atoms with Gasteiger partial charge in [0.15, 0.2) is 0 Å². The Morgan fingerprint density at radius 1 is 0.967 bits per heavy atom. The van der Waals surface area contributed by atoms with E-state index in [0.717, 1.165) is 29.8 Å². The van der Waals surface area contributed by atoms with Crippen LogP contribution in [0.3, 0.4) is 0 Å². The first-order chi connectivity index (χ1) is 14.1. The van der Waals surface area contributed by atoms with E-state index >= 15 is 0 Å². The first-order valence-corrected chi connectivity index (χ1v) is 8.84. The number of anilines is 1. The van der Waals surface area contributed by atoms with E-state index in [1.54, 1.807) is 18.2 Å². The lowest BCUT2D eigenvalue weighted by Gasteiger charge is -2.10. The molecule has 11 heteroatoms. The molecule has 0 saturated carbocycles. The van der Waals surface area contributed by atoms with Crippen LogP contribution in [0.1, 0.15) is 21.5 Å². The number of rotatable bonds is 6. The molecule has 0 atom stereocenters. The topological polar surface area (TPSA) is 96.5 Å². The fourth-order valence-electron chi connectivity index (χ4n) is 2.15. The summed E-state index contributed by atoms with van der Waals surface area (Å²) in [6.07, 6.45) is -4.52. The van der Waals surface area contributed by atoms with Crippen LogP contribution >= 0.6 is 11.6 Å². The van der Waals surface area contributed by atoms with Gasteiger partial charge < -0.3 is 10.1 Å². The van der Waals surface area contributed by atoms with Gasteiger partial charge in [-0.05, 0) is 48.9 Å². The lowest BCUT2D eigenvalue weighted by Crippen LogP contribution is -2.43. The Bertz CT molecular complexity index is 934. The van der Waals surface area contributed by atoms with Gasteiger partial charge in [-0.2, -0.15) is 13.2 Å². The normalized spacial score (nSPS) is 11.0. The van der Waals surface area contributed by atoms with Crippen molar-refractivity contribution in [3.8, 4) is 0 Å². The summed E-state index contributed by atoms with van der Waals surface area (Å²) in [5.74, 6) is -2.09. The minimum atomic E-state index is -4.52. The summed E-state index contributed by atoms with van der Waals surface area (Å²) in [6, 6.07) is 8.40. The lowest BCUT2D eigenvalue weighted by atomic mass is 10.1. The van der Waals surface area contributed by atoms with Gasteiger partial charge >= 0.3 is 6.18 Å². The summed E-state index contributed by atoms with van der Waals surface area (Å²) < 4.78 is 42.4. The van der Waals surface area contributed by atoms with Crippen molar-refractivity contribution in [3.05, 3.63) is 64.2 Å². The predicted octanol–water partition coefficient (Wildman–Crippen LogP) is 3.08. The van der Waals surface area contributed by atoms with Crippen molar-refractivity contribution >= 4 is 35.0 Å². The van der Waals surface area contributed by atoms with Crippen LogP contribution in [0.5, 0.6) is 0 Å². The van der Waals surface area contributed by atoms with Crippen molar-refractivity contribution in [2.45, 2.75) is 13.1 Å². The lowest BCUT2D eigenvalue weighted by molar-refractivity contribution is -0.137. The zero-order chi connectivity index (χ0) is 22.3. The number of amides is 3. The van der Waals surface area contributed by atoms with Crippen LogP contribution in [0.2, 0.25) is 5.02 Å². The highest BCUT2D eigenvalue weighted by Gasteiger charge is 2.30. The number of hydrazine groups is 1. The van der Waals surface area contributed by atoms with E-state index in [4.69, 9.17) is 16.3 Å². The third kappa shape index (κ3) is 7.05. The molecule has 0 bridgehead atoms. The molecule has 2 aromatic carbocycles. The van der Waals surface area contributed by atoms with Crippen LogP contribution in [-0.2, 0) is 20.5 Å². The number of halogens is 4. The summed E-state index contributed by atoms with van der Waals surface area (Å²) in [5, 5.41) is 3.02. The highest BCUT2D eigenvalue weighted by Crippen LogP contribution is 2.29. The van der Waals surface area contributed by atoms with E-state index in [1.807, 2.05) is 17.8 Å². The fraction of sp³-hybridized carbons (Fsp3) is 0.211. The molecule has 2 rings (SSSR count). The van der Waals surface area contributed by atoms with Gasteiger partial charge in [0, 0.05) is 16.3 Å². The zero-order valence-electron chi connectivity index (χ0n) is 15.6. The monoisotopic (exact) mass is 443 g/mol. The van der Waals surface area contributed by atoms with Crippen LogP contribution in [-0.4, -0.2) is 30.9 Å². The Balaban J connectivity index is 1.71. The molecule has 0 aromatic heterocycles. The molecule has 7 nitrogen and oxygen atoms in total. The molecule has 2 aromatic rings. The standard InChI is InChI=1S/C19H17ClF3N3O4/c1-11-2-7-14(8-15(11)20)24-16(27)9-30-10-17(28)25-26-18(29)12-3-5-13(6-4-12)19(21,22)23/h2-8H,9-10H2,1H3,(H,24,27)(H,25,28)(H,26,29). The number of alkyl halides is 3. The molecule has 0 aliphatic carbocycles. The van der Waals surface area contributed by atoms with Crippen LogP contribution in [0.15, 0.2) is 42.5 Å². The van der Waals surface area contributed by atoms with Crippen molar-refractivity contribution in [2.24, 2.45) is 0 Å². The molecule has 0 fully saturated rings. The maximum Gasteiger partial charge on any atom is 0.416 e. The molecule has 0 heterocycles. The summed E-state index contributed by atoms with van der Waals surface area (Å²) in [5.41, 5.74) is 4.39. The molecule has 0 aliphatic heterocycles. The van der Waals surface area contributed by atoms with Crippen molar-refractivity contribution in [3.63, 3.8) is 0 Å². The Morgan fingerprint density at radius 3 is 2.20 bits per heavy atom. The molecular formula is C19H17ClF3N3O4. The number of nitrogens with one attached hydrogen (secondary N) is 3. The summed E-state index contributed by atoms with van der Waals surface area (Å²) >= 11 is 5.96. The highest BCUT2D eigenvalue weighted by atomic mass is 35.5. The first-order valence-electron chi connectivity index (χ1n) is 8.46.